The van der Waals surface area contributed by atoms with Crippen LogP contribution < -0.4 is 0 Å². The normalized spacial score (nSPS) is 10.8. The van der Waals surface area contributed by atoms with E-state index in [2.05, 4.69) is 11.1 Å². The Balaban J connectivity index is 2.02. The maximum absolute atomic E-state index is 8.95. The Morgan fingerprint density at radius 3 is 2.67 bits per heavy atom. The second kappa shape index (κ2) is 5.40. The van der Waals surface area contributed by atoms with E-state index in [1.165, 1.54) is 0 Å². The van der Waals surface area contributed by atoms with E-state index in [1.807, 2.05) is 29.8 Å². The fraction of sp³-hybridized carbons (Fsp3) is 0.125. The number of hydrogen-bond donors (Lipinski definition) is 0. The van der Waals surface area contributed by atoms with Crippen molar-refractivity contribution >= 4 is 34.2 Å². The molecule has 3 rings (SSSR count). The van der Waals surface area contributed by atoms with Crippen LogP contribution in [0.4, 0.5) is 0 Å². The molecule has 0 fully saturated rings. The molecule has 2 aromatic carbocycles. The van der Waals surface area contributed by atoms with Crippen molar-refractivity contribution < 1.29 is 0 Å². The van der Waals surface area contributed by atoms with Crippen LogP contribution >= 0.6 is 23.2 Å². The van der Waals surface area contributed by atoms with Crippen molar-refractivity contribution in [2.24, 2.45) is 7.05 Å². The lowest BCUT2D eigenvalue weighted by molar-refractivity contribution is 0.845. The summed E-state index contributed by atoms with van der Waals surface area (Å²) in [6.45, 7) is 0. The molecule has 0 unspecified atom stereocenters. The lowest BCUT2D eigenvalue weighted by Gasteiger charge is -2.04. The zero-order chi connectivity index (χ0) is 15.0. The van der Waals surface area contributed by atoms with Crippen LogP contribution in [0.2, 0.25) is 10.0 Å². The Morgan fingerprint density at radius 2 is 1.95 bits per heavy atom. The Bertz CT molecular complexity index is 875. The molecule has 0 aliphatic carbocycles. The highest BCUT2D eigenvalue weighted by Crippen LogP contribution is 2.24. The SMILES string of the molecule is Cn1c(Cc2ccc(Cl)c(Cl)c2)nc2cc(C#N)ccc21. The summed E-state index contributed by atoms with van der Waals surface area (Å²) in [4.78, 5) is 4.60. The minimum Gasteiger partial charge on any atom is -0.331 e. The van der Waals surface area contributed by atoms with E-state index in [-0.39, 0.29) is 0 Å². The van der Waals surface area contributed by atoms with E-state index >= 15 is 0 Å². The summed E-state index contributed by atoms with van der Waals surface area (Å²) < 4.78 is 2.03. The van der Waals surface area contributed by atoms with Gasteiger partial charge in [-0.1, -0.05) is 29.3 Å². The molecule has 0 aliphatic rings. The molecule has 0 aliphatic heterocycles. The molecule has 0 bridgehead atoms. The van der Waals surface area contributed by atoms with Crippen LogP contribution in [0.1, 0.15) is 17.0 Å². The minimum absolute atomic E-state index is 0.541. The number of benzene rings is 2. The highest BCUT2D eigenvalue weighted by atomic mass is 35.5. The molecule has 1 heterocycles. The summed E-state index contributed by atoms with van der Waals surface area (Å²) in [7, 11) is 1.97. The average molecular weight is 316 g/mol. The van der Waals surface area contributed by atoms with Gasteiger partial charge in [-0.3, -0.25) is 0 Å². The largest absolute Gasteiger partial charge is 0.331 e. The summed E-state index contributed by atoms with van der Waals surface area (Å²) in [6.07, 6.45) is 0.657. The van der Waals surface area contributed by atoms with E-state index < -0.39 is 0 Å². The molecule has 0 spiro atoms. The number of rotatable bonds is 2. The number of imidazole rings is 1. The Morgan fingerprint density at radius 1 is 1.14 bits per heavy atom. The van der Waals surface area contributed by atoms with Crippen molar-refractivity contribution in [2.75, 3.05) is 0 Å². The molecule has 21 heavy (non-hydrogen) atoms. The van der Waals surface area contributed by atoms with Gasteiger partial charge in [0.25, 0.3) is 0 Å². The van der Waals surface area contributed by atoms with Crippen LogP contribution in [0.5, 0.6) is 0 Å². The van der Waals surface area contributed by atoms with E-state index in [0.29, 0.717) is 22.0 Å². The van der Waals surface area contributed by atoms with E-state index in [1.54, 1.807) is 18.2 Å². The molecule has 104 valence electrons. The van der Waals surface area contributed by atoms with Gasteiger partial charge in [0, 0.05) is 13.5 Å². The topological polar surface area (TPSA) is 41.6 Å². The van der Waals surface area contributed by atoms with E-state index in [4.69, 9.17) is 28.5 Å². The van der Waals surface area contributed by atoms with Gasteiger partial charge in [0.2, 0.25) is 0 Å². The fourth-order valence-corrected chi connectivity index (χ4v) is 2.63. The molecule has 0 radical (unpaired) electrons. The van der Waals surface area contributed by atoms with Crippen LogP contribution in [-0.2, 0) is 13.5 Å². The zero-order valence-electron chi connectivity index (χ0n) is 11.3. The van der Waals surface area contributed by atoms with Gasteiger partial charge in [0.1, 0.15) is 5.82 Å². The third kappa shape index (κ3) is 2.61. The molecule has 1 aromatic heterocycles. The highest BCUT2D eigenvalue weighted by Gasteiger charge is 2.10. The van der Waals surface area contributed by atoms with Gasteiger partial charge in [-0.25, -0.2) is 4.98 Å². The first-order chi connectivity index (χ1) is 10.1. The van der Waals surface area contributed by atoms with Crippen molar-refractivity contribution in [3.05, 3.63) is 63.4 Å². The summed E-state index contributed by atoms with van der Waals surface area (Å²) in [6, 6.07) is 13.2. The Kier molecular flexibility index (Phi) is 3.59. The highest BCUT2D eigenvalue weighted by molar-refractivity contribution is 6.42. The van der Waals surface area contributed by atoms with Gasteiger partial charge in [0.05, 0.1) is 32.7 Å². The predicted octanol–water partition coefficient (Wildman–Crippen LogP) is 4.34. The number of aryl methyl sites for hydroxylation is 1. The van der Waals surface area contributed by atoms with Crippen LogP contribution in [0, 0.1) is 11.3 Å². The molecule has 3 nitrogen and oxygen atoms in total. The first-order valence-electron chi connectivity index (χ1n) is 6.38. The molecular weight excluding hydrogens is 305 g/mol. The minimum atomic E-state index is 0.541. The van der Waals surface area contributed by atoms with Gasteiger partial charge in [-0.2, -0.15) is 5.26 Å². The summed E-state index contributed by atoms with van der Waals surface area (Å²) in [5.74, 6) is 0.915. The Hall–Kier alpha value is -2.02. The summed E-state index contributed by atoms with van der Waals surface area (Å²) >= 11 is 12.0. The average Bonchev–Trinajstić information content (AvgIpc) is 2.79. The third-order valence-electron chi connectivity index (χ3n) is 3.45. The van der Waals surface area contributed by atoms with Crippen LogP contribution in [0.3, 0.4) is 0 Å². The first-order valence-corrected chi connectivity index (χ1v) is 7.13. The number of fused-ring (bicyclic) bond motifs is 1. The van der Waals surface area contributed by atoms with Crippen LogP contribution in [0.25, 0.3) is 11.0 Å². The Labute approximate surface area is 132 Å². The molecule has 0 saturated carbocycles. The summed E-state index contributed by atoms with van der Waals surface area (Å²) in [5, 5.41) is 10.0. The zero-order valence-corrected chi connectivity index (χ0v) is 12.8. The van der Waals surface area contributed by atoms with Gasteiger partial charge in [0.15, 0.2) is 0 Å². The number of aromatic nitrogens is 2. The number of nitriles is 1. The summed E-state index contributed by atoms with van der Waals surface area (Å²) in [5.41, 5.74) is 3.49. The van der Waals surface area contributed by atoms with Crippen LogP contribution in [-0.4, -0.2) is 9.55 Å². The molecule has 0 N–H and O–H groups in total. The van der Waals surface area contributed by atoms with Crippen molar-refractivity contribution in [2.45, 2.75) is 6.42 Å². The number of halogens is 2. The number of hydrogen-bond acceptors (Lipinski definition) is 2. The van der Waals surface area contributed by atoms with Gasteiger partial charge in [-0.05, 0) is 35.9 Å². The maximum Gasteiger partial charge on any atom is 0.114 e. The van der Waals surface area contributed by atoms with Crippen molar-refractivity contribution in [3.63, 3.8) is 0 Å². The quantitative estimate of drug-likeness (QED) is 0.705. The van der Waals surface area contributed by atoms with Crippen molar-refractivity contribution in [3.8, 4) is 6.07 Å². The molecule has 0 amide bonds. The second-order valence-corrected chi connectivity index (χ2v) is 5.64. The van der Waals surface area contributed by atoms with Gasteiger partial charge >= 0.3 is 0 Å². The predicted molar refractivity (Wildman–Crippen MR) is 84.7 cm³/mol. The first kappa shape index (κ1) is 13.9. The van der Waals surface area contributed by atoms with E-state index in [0.717, 1.165) is 22.4 Å². The molecule has 3 aromatic rings. The molecule has 5 heteroatoms. The monoisotopic (exact) mass is 315 g/mol. The van der Waals surface area contributed by atoms with E-state index in [9.17, 15) is 0 Å². The van der Waals surface area contributed by atoms with Crippen molar-refractivity contribution in [1.82, 2.24) is 9.55 Å². The van der Waals surface area contributed by atoms with Crippen LogP contribution in [0.15, 0.2) is 36.4 Å². The van der Waals surface area contributed by atoms with Crippen molar-refractivity contribution in [1.29, 1.82) is 5.26 Å². The third-order valence-corrected chi connectivity index (χ3v) is 4.19. The number of nitrogens with zero attached hydrogens (tertiary/aromatic N) is 3. The van der Waals surface area contributed by atoms with Gasteiger partial charge < -0.3 is 4.57 Å². The van der Waals surface area contributed by atoms with Gasteiger partial charge in [-0.15, -0.1) is 0 Å². The maximum atomic E-state index is 8.95. The lowest BCUT2D eigenvalue weighted by Crippen LogP contribution is -1.99. The second-order valence-electron chi connectivity index (χ2n) is 4.83. The smallest absolute Gasteiger partial charge is 0.114 e. The molecule has 0 saturated heterocycles. The molecule has 0 atom stereocenters. The fourth-order valence-electron chi connectivity index (χ4n) is 2.31. The molecular formula is C16H11Cl2N3. The standard InChI is InChI=1S/C16H11Cl2N3/c1-21-15-5-3-11(9-19)7-14(15)20-16(21)8-10-2-4-12(17)13(18)6-10/h2-7H,8H2,1H3. The lowest BCUT2D eigenvalue weighted by atomic mass is 10.1.